The smallest absolute Gasteiger partial charge is 0.303 e. The molecule has 0 spiro atoms. The molecule has 6 heteroatoms. The molecule has 2 N–H and O–H groups in total. The molecular weight excluding hydrogens is 278 g/mol. The maximum absolute atomic E-state index is 12.0. The van der Waals surface area contributed by atoms with Gasteiger partial charge in [0.2, 0.25) is 10.0 Å². The highest BCUT2D eigenvalue weighted by molar-refractivity contribution is 7.89. The molecule has 1 unspecified atom stereocenters. The summed E-state index contributed by atoms with van der Waals surface area (Å²) in [5.74, 6) is -0.884. The fourth-order valence-electron chi connectivity index (χ4n) is 1.71. The van der Waals surface area contributed by atoms with Gasteiger partial charge in [0.25, 0.3) is 0 Å². The maximum atomic E-state index is 12.0. The van der Waals surface area contributed by atoms with Crippen LogP contribution in [0.2, 0.25) is 0 Å². The van der Waals surface area contributed by atoms with Gasteiger partial charge in [0.1, 0.15) is 0 Å². The number of carboxylic acid groups (broad SMARTS) is 1. The van der Waals surface area contributed by atoms with Crippen LogP contribution in [0.4, 0.5) is 0 Å². The summed E-state index contributed by atoms with van der Waals surface area (Å²) >= 11 is 0. The van der Waals surface area contributed by atoms with Crippen molar-refractivity contribution in [3.05, 3.63) is 29.8 Å². The third-order valence-corrected chi connectivity index (χ3v) is 4.55. The number of carboxylic acids is 1. The first-order valence-corrected chi connectivity index (χ1v) is 8.14. The van der Waals surface area contributed by atoms with Gasteiger partial charge in [0, 0.05) is 13.0 Å². The Balaban J connectivity index is 2.58. The molecular formula is C14H21NO4S. The van der Waals surface area contributed by atoms with Gasteiger partial charge in [0.15, 0.2) is 0 Å². The average molecular weight is 299 g/mol. The SMILES string of the molecule is CCc1ccc(S(=O)(=O)NCC(C)CCC(=O)O)cc1. The molecule has 0 radical (unpaired) electrons. The highest BCUT2D eigenvalue weighted by atomic mass is 32.2. The van der Waals surface area contributed by atoms with E-state index in [9.17, 15) is 13.2 Å². The largest absolute Gasteiger partial charge is 0.481 e. The van der Waals surface area contributed by atoms with Crippen LogP contribution in [0.15, 0.2) is 29.2 Å². The van der Waals surface area contributed by atoms with Gasteiger partial charge < -0.3 is 5.11 Å². The number of aryl methyl sites for hydroxylation is 1. The molecule has 1 aromatic rings. The second-order valence-corrected chi connectivity index (χ2v) is 6.65. The monoisotopic (exact) mass is 299 g/mol. The van der Waals surface area contributed by atoms with Crippen LogP contribution in [0.3, 0.4) is 0 Å². The van der Waals surface area contributed by atoms with Crippen LogP contribution in [0, 0.1) is 5.92 Å². The lowest BCUT2D eigenvalue weighted by atomic mass is 10.1. The van der Waals surface area contributed by atoms with Gasteiger partial charge in [-0.3, -0.25) is 4.79 Å². The van der Waals surface area contributed by atoms with E-state index in [1.165, 1.54) is 0 Å². The maximum Gasteiger partial charge on any atom is 0.303 e. The topological polar surface area (TPSA) is 83.5 Å². The fraction of sp³-hybridized carbons (Fsp3) is 0.500. The number of sulfonamides is 1. The molecule has 0 saturated heterocycles. The van der Waals surface area contributed by atoms with Crippen molar-refractivity contribution in [2.45, 2.75) is 38.0 Å². The standard InChI is InChI=1S/C14H21NO4S/c1-3-12-5-7-13(8-6-12)20(18,19)15-10-11(2)4-9-14(16)17/h5-8,11,15H,3-4,9-10H2,1-2H3,(H,16,17). The number of rotatable bonds is 8. The van der Waals surface area contributed by atoms with E-state index in [1.54, 1.807) is 24.3 Å². The Bertz CT molecular complexity index is 537. The van der Waals surface area contributed by atoms with Crippen LogP contribution in [-0.4, -0.2) is 26.0 Å². The van der Waals surface area contributed by atoms with E-state index in [2.05, 4.69) is 4.72 Å². The summed E-state index contributed by atoms with van der Waals surface area (Å²) in [7, 11) is -3.52. The molecule has 0 aliphatic carbocycles. The van der Waals surface area contributed by atoms with Crippen LogP contribution in [0.5, 0.6) is 0 Å². The van der Waals surface area contributed by atoms with E-state index in [1.807, 2.05) is 13.8 Å². The summed E-state index contributed by atoms with van der Waals surface area (Å²) < 4.78 is 26.6. The van der Waals surface area contributed by atoms with Gasteiger partial charge in [-0.1, -0.05) is 26.0 Å². The minimum absolute atomic E-state index is 0.0178. The Kier molecular flexibility index (Phi) is 6.16. The summed E-state index contributed by atoms with van der Waals surface area (Å²) in [5, 5.41) is 8.58. The third-order valence-electron chi connectivity index (χ3n) is 3.11. The number of nitrogens with one attached hydrogen (secondary N) is 1. The van der Waals surface area contributed by atoms with Gasteiger partial charge in [-0.25, -0.2) is 13.1 Å². The van der Waals surface area contributed by atoms with Gasteiger partial charge in [-0.05, 0) is 36.5 Å². The minimum Gasteiger partial charge on any atom is -0.481 e. The first kappa shape index (κ1) is 16.7. The molecule has 0 amide bonds. The summed E-state index contributed by atoms with van der Waals surface area (Å²) in [5.41, 5.74) is 1.08. The molecule has 0 aromatic heterocycles. The Hall–Kier alpha value is -1.40. The Morgan fingerprint density at radius 2 is 1.90 bits per heavy atom. The van der Waals surface area contributed by atoms with Gasteiger partial charge in [-0.2, -0.15) is 0 Å². The van der Waals surface area contributed by atoms with Crippen molar-refractivity contribution in [3.8, 4) is 0 Å². The summed E-state index contributed by atoms with van der Waals surface area (Å²) in [4.78, 5) is 10.7. The number of carbonyl (C=O) groups is 1. The van der Waals surface area contributed by atoms with E-state index in [0.29, 0.717) is 6.42 Å². The zero-order valence-electron chi connectivity index (χ0n) is 11.8. The van der Waals surface area contributed by atoms with Gasteiger partial charge in [0.05, 0.1) is 4.90 Å². The zero-order chi connectivity index (χ0) is 15.2. The van der Waals surface area contributed by atoms with Crippen molar-refractivity contribution in [2.24, 2.45) is 5.92 Å². The number of hydrogen-bond donors (Lipinski definition) is 2. The zero-order valence-corrected chi connectivity index (χ0v) is 12.6. The molecule has 0 fully saturated rings. The first-order valence-electron chi connectivity index (χ1n) is 6.65. The van der Waals surface area contributed by atoms with Gasteiger partial charge >= 0.3 is 5.97 Å². The lowest BCUT2D eigenvalue weighted by Gasteiger charge is -2.12. The van der Waals surface area contributed by atoms with Crippen molar-refractivity contribution in [2.75, 3.05) is 6.54 Å². The summed E-state index contributed by atoms with van der Waals surface area (Å²) in [6.07, 6.45) is 1.36. The second kappa shape index (κ2) is 7.40. The molecule has 20 heavy (non-hydrogen) atoms. The minimum atomic E-state index is -3.52. The van der Waals surface area contributed by atoms with E-state index in [-0.39, 0.29) is 23.8 Å². The predicted octanol–water partition coefficient (Wildman–Crippen LogP) is 2.03. The molecule has 0 heterocycles. The average Bonchev–Trinajstić information content (AvgIpc) is 2.43. The molecule has 0 aliphatic heterocycles. The predicted molar refractivity (Wildman–Crippen MR) is 77.0 cm³/mol. The number of aliphatic carboxylic acids is 1. The van der Waals surface area contributed by atoms with Crippen molar-refractivity contribution >= 4 is 16.0 Å². The highest BCUT2D eigenvalue weighted by Crippen LogP contribution is 2.12. The molecule has 5 nitrogen and oxygen atoms in total. The quantitative estimate of drug-likeness (QED) is 0.769. The molecule has 1 rings (SSSR count). The Morgan fingerprint density at radius 1 is 1.30 bits per heavy atom. The summed E-state index contributed by atoms with van der Waals surface area (Å²) in [6.45, 7) is 4.07. The lowest BCUT2D eigenvalue weighted by Crippen LogP contribution is -2.28. The normalized spacial score (nSPS) is 13.1. The van der Waals surface area contributed by atoms with Crippen LogP contribution < -0.4 is 4.72 Å². The number of hydrogen-bond acceptors (Lipinski definition) is 3. The van der Waals surface area contributed by atoms with E-state index < -0.39 is 16.0 Å². The van der Waals surface area contributed by atoms with Crippen LogP contribution in [0.25, 0.3) is 0 Å². The highest BCUT2D eigenvalue weighted by Gasteiger charge is 2.15. The molecule has 112 valence electrons. The van der Waals surface area contributed by atoms with Crippen molar-refractivity contribution < 1.29 is 18.3 Å². The molecule has 0 saturated carbocycles. The molecule has 1 aromatic carbocycles. The second-order valence-electron chi connectivity index (χ2n) is 4.89. The van der Waals surface area contributed by atoms with E-state index in [0.717, 1.165) is 12.0 Å². The number of benzene rings is 1. The van der Waals surface area contributed by atoms with Crippen molar-refractivity contribution in [1.82, 2.24) is 4.72 Å². The van der Waals surface area contributed by atoms with Crippen molar-refractivity contribution in [1.29, 1.82) is 0 Å². The van der Waals surface area contributed by atoms with E-state index in [4.69, 9.17) is 5.11 Å². The molecule has 0 aliphatic rings. The van der Waals surface area contributed by atoms with Crippen LogP contribution >= 0.6 is 0 Å². The molecule has 0 bridgehead atoms. The van der Waals surface area contributed by atoms with E-state index >= 15 is 0 Å². The third kappa shape index (κ3) is 5.30. The molecule has 1 atom stereocenters. The Labute approximate surface area is 120 Å². The van der Waals surface area contributed by atoms with Crippen LogP contribution in [0.1, 0.15) is 32.3 Å². The van der Waals surface area contributed by atoms with Gasteiger partial charge in [-0.15, -0.1) is 0 Å². The fourth-order valence-corrected chi connectivity index (χ4v) is 2.88. The van der Waals surface area contributed by atoms with Crippen molar-refractivity contribution in [3.63, 3.8) is 0 Å². The lowest BCUT2D eigenvalue weighted by molar-refractivity contribution is -0.137. The first-order chi connectivity index (χ1) is 9.35. The Morgan fingerprint density at radius 3 is 2.40 bits per heavy atom. The van der Waals surface area contributed by atoms with Crippen LogP contribution in [-0.2, 0) is 21.2 Å². The summed E-state index contributed by atoms with van der Waals surface area (Å²) in [6, 6.07) is 6.76.